The van der Waals surface area contributed by atoms with Gasteiger partial charge < -0.3 is 15.5 Å². The summed E-state index contributed by atoms with van der Waals surface area (Å²) in [5.74, 6) is 1.12. The number of benzene rings is 1. The Morgan fingerprint density at radius 2 is 1.86 bits per heavy atom. The molecule has 0 bridgehead atoms. The first-order valence-electron chi connectivity index (χ1n) is 7.60. The molecule has 3 atom stereocenters. The van der Waals surface area contributed by atoms with Gasteiger partial charge in [0.25, 0.3) is 5.91 Å². The quantitative estimate of drug-likeness (QED) is 0.764. The molecule has 0 saturated carbocycles. The van der Waals surface area contributed by atoms with Gasteiger partial charge in [0.2, 0.25) is 5.91 Å². The van der Waals surface area contributed by atoms with E-state index < -0.39 is 6.04 Å². The second-order valence-electron chi connectivity index (χ2n) is 6.31. The van der Waals surface area contributed by atoms with Crippen LogP contribution in [0.5, 0.6) is 0 Å². The monoisotopic (exact) mass is 285 g/mol. The zero-order chi connectivity index (χ0) is 14.4. The van der Waals surface area contributed by atoms with E-state index in [4.69, 9.17) is 0 Å². The predicted octanol–water partition coefficient (Wildman–Crippen LogP) is 0.0189. The van der Waals surface area contributed by atoms with E-state index in [0.717, 1.165) is 31.7 Å². The molecule has 3 aliphatic rings. The molecule has 5 heteroatoms. The first kappa shape index (κ1) is 12.8. The Kier molecular flexibility index (Phi) is 2.96. The summed E-state index contributed by atoms with van der Waals surface area (Å²) in [7, 11) is 0. The van der Waals surface area contributed by atoms with Crippen LogP contribution in [0.1, 0.15) is 15.9 Å². The number of carbonyl (C=O) groups is 2. The van der Waals surface area contributed by atoms with E-state index in [1.807, 2.05) is 29.2 Å². The van der Waals surface area contributed by atoms with Crippen molar-refractivity contribution in [3.63, 3.8) is 0 Å². The summed E-state index contributed by atoms with van der Waals surface area (Å²) >= 11 is 0. The van der Waals surface area contributed by atoms with Crippen molar-refractivity contribution >= 4 is 11.8 Å². The molecular weight excluding hydrogens is 266 g/mol. The lowest BCUT2D eigenvalue weighted by Gasteiger charge is -2.28. The van der Waals surface area contributed by atoms with Gasteiger partial charge in [0, 0.05) is 38.2 Å². The van der Waals surface area contributed by atoms with E-state index in [9.17, 15) is 9.59 Å². The highest BCUT2D eigenvalue weighted by Crippen LogP contribution is 2.27. The van der Waals surface area contributed by atoms with Crippen LogP contribution < -0.4 is 10.6 Å². The van der Waals surface area contributed by atoms with E-state index >= 15 is 0 Å². The minimum Gasteiger partial charge on any atom is -0.340 e. The first-order chi connectivity index (χ1) is 10.2. The number of rotatable bonds is 1. The predicted molar refractivity (Wildman–Crippen MR) is 77.8 cm³/mol. The third kappa shape index (κ3) is 2.12. The number of amides is 2. The molecule has 21 heavy (non-hydrogen) atoms. The average molecular weight is 285 g/mol. The summed E-state index contributed by atoms with van der Waals surface area (Å²) in [4.78, 5) is 26.7. The molecule has 2 amide bonds. The Hall–Kier alpha value is -1.88. The lowest BCUT2D eigenvalue weighted by molar-refractivity contribution is -0.132. The van der Waals surface area contributed by atoms with Crippen molar-refractivity contribution in [3.05, 3.63) is 35.4 Å². The minimum absolute atomic E-state index is 0.0762. The normalized spacial score (nSPS) is 30.8. The van der Waals surface area contributed by atoms with Gasteiger partial charge in [-0.25, -0.2) is 0 Å². The summed E-state index contributed by atoms with van der Waals surface area (Å²) in [6.45, 7) is 3.66. The van der Waals surface area contributed by atoms with Crippen LogP contribution in [-0.4, -0.2) is 48.9 Å². The maximum atomic E-state index is 12.7. The van der Waals surface area contributed by atoms with Gasteiger partial charge in [-0.2, -0.15) is 0 Å². The lowest BCUT2D eigenvalue weighted by Crippen LogP contribution is -2.52. The molecule has 5 nitrogen and oxygen atoms in total. The maximum Gasteiger partial charge on any atom is 0.252 e. The third-order valence-corrected chi connectivity index (χ3v) is 4.99. The number of hydrogen-bond donors (Lipinski definition) is 2. The van der Waals surface area contributed by atoms with Gasteiger partial charge in [0.1, 0.15) is 6.04 Å². The van der Waals surface area contributed by atoms with Crippen molar-refractivity contribution in [2.45, 2.75) is 12.5 Å². The third-order valence-electron chi connectivity index (χ3n) is 4.99. The molecule has 110 valence electrons. The van der Waals surface area contributed by atoms with E-state index in [-0.39, 0.29) is 11.8 Å². The van der Waals surface area contributed by atoms with Crippen LogP contribution in [0.4, 0.5) is 0 Å². The molecule has 3 aliphatic heterocycles. The van der Waals surface area contributed by atoms with Gasteiger partial charge in [-0.05, 0) is 23.5 Å². The van der Waals surface area contributed by atoms with Gasteiger partial charge in [-0.15, -0.1) is 0 Å². The van der Waals surface area contributed by atoms with Crippen LogP contribution in [0.25, 0.3) is 0 Å². The van der Waals surface area contributed by atoms with Crippen LogP contribution in [-0.2, 0) is 11.2 Å². The van der Waals surface area contributed by atoms with Crippen LogP contribution >= 0.6 is 0 Å². The van der Waals surface area contributed by atoms with Crippen molar-refractivity contribution in [2.75, 3.05) is 26.2 Å². The number of carbonyl (C=O) groups excluding carboxylic acids is 2. The van der Waals surface area contributed by atoms with Crippen molar-refractivity contribution in [1.29, 1.82) is 0 Å². The lowest BCUT2D eigenvalue weighted by atomic mass is 9.94. The van der Waals surface area contributed by atoms with E-state index in [0.29, 0.717) is 23.8 Å². The van der Waals surface area contributed by atoms with Crippen molar-refractivity contribution in [2.24, 2.45) is 11.8 Å². The van der Waals surface area contributed by atoms with E-state index in [2.05, 4.69) is 10.6 Å². The van der Waals surface area contributed by atoms with Crippen LogP contribution in [0.2, 0.25) is 0 Å². The zero-order valence-corrected chi connectivity index (χ0v) is 11.8. The molecule has 0 spiro atoms. The molecule has 0 radical (unpaired) electrons. The first-order valence-corrected chi connectivity index (χ1v) is 7.60. The summed E-state index contributed by atoms with van der Waals surface area (Å²) in [6.07, 6.45) is 0.602. The molecule has 0 aliphatic carbocycles. The molecule has 2 saturated heterocycles. The van der Waals surface area contributed by atoms with Gasteiger partial charge in [0.15, 0.2) is 0 Å². The molecule has 2 fully saturated rings. The highest BCUT2D eigenvalue weighted by Gasteiger charge is 2.41. The van der Waals surface area contributed by atoms with Crippen molar-refractivity contribution in [3.8, 4) is 0 Å². The molecule has 1 aromatic rings. The van der Waals surface area contributed by atoms with Gasteiger partial charge >= 0.3 is 0 Å². The number of nitrogens with one attached hydrogen (secondary N) is 2. The van der Waals surface area contributed by atoms with Crippen LogP contribution in [0.3, 0.4) is 0 Å². The molecule has 3 heterocycles. The van der Waals surface area contributed by atoms with Crippen LogP contribution in [0.15, 0.2) is 24.3 Å². The molecule has 4 rings (SSSR count). The molecular formula is C16H19N3O2. The maximum absolute atomic E-state index is 12.7. The Labute approximate surface area is 123 Å². The number of nitrogens with zero attached hydrogens (tertiary/aromatic N) is 1. The number of fused-ring (bicyclic) bond motifs is 2. The average Bonchev–Trinajstić information content (AvgIpc) is 3.07. The summed E-state index contributed by atoms with van der Waals surface area (Å²) in [6, 6.07) is 7.13. The van der Waals surface area contributed by atoms with Gasteiger partial charge in [-0.3, -0.25) is 9.59 Å². The van der Waals surface area contributed by atoms with Gasteiger partial charge in [0.05, 0.1) is 0 Å². The second-order valence-corrected chi connectivity index (χ2v) is 6.31. The van der Waals surface area contributed by atoms with Crippen molar-refractivity contribution < 1.29 is 9.59 Å². The minimum atomic E-state index is -0.404. The van der Waals surface area contributed by atoms with E-state index in [1.165, 1.54) is 0 Å². The smallest absolute Gasteiger partial charge is 0.252 e. The molecule has 2 N–H and O–H groups in total. The number of hydrogen-bond acceptors (Lipinski definition) is 3. The summed E-state index contributed by atoms with van der Waals surface area (Å²) in [5, 5.41) is 6.24. The highest BCUT2D eigenvalue weighted by molar-refractivity contribution is 6.00. The van der Waals surface area contributed by atoms with Crippen LogP contribution in [0, 0.1) is 11.8 Å². The summed E-state index contributed by atoms with van der Waals surface area (Å²) in [5.41, 5.74) is 1.67. The molecule has 0 aromatic heterocycles. The Balaban J connectivity index is 1.50. The second kappa shape index (κ2) is 4.84. The fraction of sp³-hybridized carbons (Fsp3) is 0.500. The SMILES string of the molecule is O=C1NC(C(=O)N2C[C@H]3CNC[C@H]3C2)Cc2ccccc21. The Bertz CT molecular complexity index is 589. The standard InChI is InChI=1S/C16H19N3O2/c20-15-13-4-2-1-3-10(13)5-14(18-15)16(21)19-8-11-6-17-7-12(11)9-19/h1-4,11-12,14,17H,5-9H2,(H,18,20)/t11-,12+,14?. The topological polar surface area (TPSA) is 61.4 Å². The molecule has 1 aromatic carbocycles. The fourth-order valence-corrected chi connectivity index (χ4v) is 3.83. The van der Waals surface area contributed by atoms with Crippen molar-refractivity contribution in [1.82, 2.24) is 15.5 Å². The molecule has 1 unspecified atom stereocenters. The highest BCUT2D eigenvalue weighted by atomic mass is 16.2. The zero-order valence-electron chi connectivity index (χ0n) is 11.8. The fourth-order valence-electron chi connectivity index (χ4n) is 3.83. The summed E-state index contributed by atoms with van der Waals surface area (Å²) < 4.78 is 0. The van der Waals surface area contributed by atoms with E-state index in [1.54, 1.807) is 0 Å². The Morgan fingerprint density at radius 3 is 2.62 bits per heavy atom. The van der Waals surface area contributed by atoms with Gasteiger partial charge in [-0.1, -0.05) is 18.2 Å². The number of likely N-dealkylation sites (tertiary alicyclic amines) is 1. The largest absolute Gasteiger partial charge is 0.340 e. The Morgan fingerprint density at radius 1 is 1.14 bits per heavy atom.